The van der Waals surface area contributed by atoms with E-state index in [1.165, 1.54) is 0 Å². The van der Waals surface area contributed by atoms with E-state index in [0.717, 1.165) is 50.1 Å². The monoisotopic (exact) mass is 505 g/mol. The number of nitrogens with zero attached hydrogens (tertiary/aromatic N) is 4. The van der Waals surface area contributed by atoms with Crippen molar-refractivity contribution >= 4 is 41.5 Å². The van der Waals surface area contributed by atoms with Gasteiger partial charge in [-0.3, -0.25) is 9.89 Å². The van der Waals surface area contributed by atoms with Crippen molar-refractivity contribution in [3.63, 3.8) is 0 Å². The van der Waals surface area contributed by atoms with Gasteiger partial charge in [-0.1, -0.05) is 16.8 Å². The summed E-state index contributed by atoms with van der Waals surface area (Å²) in [6.45, 7) is 5.86. The maximum absolute atomic E-state index is 5.87. The molecule has 0 atom stereocenters. The van der Waals surface area contributed by atoms with Crippen LogP contribution >= 0.6 is 35.6 Å². The molecule has 0 radical (unpaired) electrons. The second-order valence-corrected chi connectivity index (χ2v) is 6.47. The molecule has 1 aliphatic rings. The van der Waals surface area contributed by atoms with Gasteiger partial charge in [-0.05, 0) is 24.3 Å². The third-order valence-corrected chi connectivity index (χ3v) is 4.48. The summed E-state index contributed by atoms with van der Waals surface area (Å²) in [7, 11) is 1.81. The summed E-state index contributed by atoms with van der Waals surface area (Å²) in [5.74, 6) is 1.72. The Hall–Kier alpha value is -1.52. The summed E-state index contributed by atoms with van der Waals surface area (Å²) in [4.78, 5) is 9.01. The predicted octanol–water partition coefficient (Wildman–Crippen LogP) is 2.72. The van der Waals surface area contributed by atoms with Crippen LogP contribution in [0, 0.1) is 0 Å². The van der Waals surface area contributed by atoms with E-state index < -0.39 is 0 Å². The third-order valence-electron chi connectivity index (χ3n) is 4.23. The number of guanidine groups is 1. The molecule has 148 valence electrons. The van der Waals surface area contributed by atoms with Gasteiger partial charge >= 0.3 is 0 Å². The number of aromatic nitrogens is 1. The molecule has 1 N–H and O–H groups in total. The third kappa shape index (κ3) is 6.86. The number of halogens is 2. The normalized spacial score (nSPS) is 15.3. The Kier molecular flexibility index (Phi) is 9.16. The molecule has 0 spiro atoms. The Morgan fingerprint density at radius 3 is 2.59 bits per heavy atom. The summed E-state index contributed by atoms with van der Waals surface area (Å²) in [6, 6.07) is 9.29. The van der Waals surface area contributed by atoms with E-state index in [4.69, 9.17) is 20.9 Å². The van der Waals surface area contributed by atoms with Gasteiger partial charge in [0, 0.05) is 50.9 Å². The van der Waals surface area contributed by atoms with E-state index in [9.17, 15) is 0 Å². The van der Waals surface area contributed by atoms with Crippen LogP contribution in [0.4, 0.5) is 0 Å². The van der Waals surface area contributed by atoms with Crippen molar-refractivity contribution in [2.75, 3.05) is 46.4 Å². The molecule has 2 heterocycles. The van der Waals surface area contributed by atoms with Crippen molar-refractivity contribution in [2.45, 2.75) is 6.54 Å². The minimum Gasteiger partial charge on any atom is -0.492 e. The average molecular weight is 506 g/mol. The molecular weight excluding hydrogens is 481 g/mol. The number of benzene rings is 1. The smallest absolute Gasteiger partial charge is 0.193 e. The van der Waals surface area contributed by atoms with Crippen molar-refractivity contribution in [2.24, 2.45) is 4.99 Å². The first-order chi connectivity index (χ1) is 12.7. The lowest BCUT2D eigenvalue weighted by Gasteiger charge is -2.36. The molecule has 3 rings (SSSR count). The highest BCUT2D eigenvalue weighted by molar-refractivity contribution is 14.0. The molecule has 1 aromatic heterocycles. The second-order valence-electron chi connectivity index (χ2n) is 6.03. The molecule has 1 saturated heterocycles. The number of nitrogens with one attached hydrogen (secondary N) is 1. The Morgan fingerprint density at radius 1 is 1.22 bits per heavy atom. The summed E-state index contributed by atoms with van der Waals surface area (Å²) in [6.07, 6.45) is 1.61. The fourth-order valence-electron chi connectivity index (χ4n) is 2.86. The molecule has 0 saturated carbocycles. The fraction of sp³-hybridized carbons (Fsp3) is 0.444. The van der Waals surface area contributed by atoms with Crippen molar-refractivity contribution in [3.05, 3.63) is 47.3 Å². The molecule has 27 heavy (non-hydrogen) atoms. The minimum atomic E-state index is 0. The van der Waals surface area contributed by atoms with Crippen molar-refractivity contribution in [1.82, 2.24) is 20.3 Å². The molecule has 0 aliphatic carbocycles. The lowest BCUT2D eigenvalue weighted by atomic mass is 10.3. The van der Waals surface area contributed by atoms with Crippen molar-refractivity contribution < 1.29 is 9.26 Å². The van der Waals surface area contributed by atoms with Gasteiger partial charge in [0.05, 0.1) is 12.2 Å². The summed E-state index contributed by atoms with van der Waals surface area (Å²) < 4.78 is 10.6. The summed E-state index contributed by atoms with van der Waals surface area (Å²) in [5.41, 5.74) is 0.973. The molecular formula is C18H25ClIN5O2. The van der Waals surface area contributed by atoms with Gasteiger partial charge in [-0.25, -0.2) is 0 Å². The molecule has 0 unspecified atom stereocenters. The van der Waals surface area contributed by atoms with Gasteiger partial charge in [0.15, 0.2) is 5.96 Å². The quantitative estimate of drug-likeness (QED) is 0.282. The topological polar surface area (TPSA) is 66.1 Å². The molecule has 0 amide bonds. The Bertz CT molecular complexity index is 688. The van der Waals surface area contributed by atoms with Gasteiger partial charge in [0.25, 0.3) is 0 Å². The van der Waals surface area contributed by atoms with Gasteiger partial charge in [0.1, 0.15) is 18.6 Å². The Morgan fingerprint density at radius 2 is 1.96 bits per heavy atom. The number of hydrogen-bond acceptors (Lipinski definition) is 5. The number of hydrogen-bond donors (Lipinski definition) is 1. The van der Waals surface area contributed by atoms with Crippen LogP contribution in [-0.4, -0.2) is 67.3 Å². The van der Waals surface area contributed by atoms with Crippen LogP contribution < -0.4 is 10.1 Å². The van der Waals surface area contributed by atoms with Crippen molar-refractivity contribution in [3.8, 4) is 5.75 Å². The first-order valence-electron chi connectivity index (χ1n) is 8.70. The summed E-state index contributed by atoms with van der Waals surface area (Å²) >= 11 is 5.87. The van der Waals surface area contributed by atoms with Crippen LogP contribution in [0.2, 0.25) is 5.02 Å². The van der Waals surface area contributed by atoms with Crippen LogP contribution in [0.25, 0.3) is 0 Å². The van der Waals surface area contributed by atoms with E-state index in [1.54, 1.807) is 6.26 Å². The standard InChI is InChI=1S/C18H24ClN5O2.HI/c1-20-18(21-7-13-25-17-4-2-15(19)3-5-17)24-10-8-23(9-11-24)14-16-6-12-26-22-16;/h2-6,12H,7-11,13-14H2,1H3,(H,20,21);1H. The molecule has 1 aromatic carbocycles. The zero-order valence-electron chi connectivity index (χ0n) is 15.3. The van der Waals surface area contributed by atoms with Crippen LogP contribution in [0.5, 0.6) is 5.75 Å². The average Bonchev–Trinajstić information content (AvgIpc) is 3.17. The predicted molar refractivity (Wildman–Crippen MR) is 117 cm³/mol. The highest BCUT2D eigenvalue weighted by Crippen LogP contribution is 2.15. The summed E-state index contributed by atoms with van der Waals surface area (Å²) in [5, 5.41) is 8.04. The lowest BCUT2D eigenvalue weighted by Crippen LogP contribution is -2.52. The minimum absolute atomic E-state index is 0. The van der Waals surface area contributed by atoms with Gasteiger partial charge < -0.3 is 19.5 Å². The van der Waals surface area contributed by atoms with E-state index in [-0.39, 0.29) is 24.0 Å². The first-order valence-corrected chi connectivity index (χ1v) is 9.08. The molecule has 1 aliphatic heterocycles. The number of aliphatic imine (C=N–C) groups is 1. The molecule has 2 aromatic rings. The van der Waals surface area contributed by atoms with Crippen LogP contribution in [-0.2, 0) is 6.54 Å². The molecule has 1 fully saturated rings. The number of piperazine rings is 1. The molecule has 9 heteroatoms. The van der Waals surface area contributed by atoms with Crippen LogP contribution in [0.15, 0.2) is 46.1 Å². The molecule has 0 bridgehead atoms. The Labute approximate surface area is 181 Å². The van der Waals surface area contributed by atoms with E-state index in [0.29, 0.717) is 18.2 Å². The van der Waals surface area contributed by atoms with Gasteiger partial charge in [0.2, 0.25) is 0 Å². The maximum atomic E-state index is 5.87. The molecule has 7 nitrogen and oxygen atoms in total. The lowest BCUT2D eigenvalue weighted by molar-refractivity contribution is 0.168. The van der Waals surface area contributed by atoms with Gasteiger partial charge in [-0.2, -0.15) is 0 Å². The van der Waals surface area contributed by atoms with E-state index in [1.807, 2.05) is 37.4 Å². The highest BCUT2D eigenvalue weighted by atomic mass is 127. The van der Waals surface area contributed by atoms with Crippen LogP contribution in [0.1, 0.15) is 5.69 Å². The first kappa shape index (κ1) is 21.8. The zero-order chi connectivity index (χ0) is 18.2. The highest BCUT2D eigenvalue weighted by Gasteiger charge is 2.20. The van der Waals surface area contributed by atoms with E-state index in [2.05, 4.69) is 25.3 Å². The maximum Gasteiger partial charge on any atom is 0.193 e. The largest absolute Gasteiger partial charge is 0.492 e. The van der Waals surface area contributed by atoms with E-state index >= 15 is 0 Å². The zero-order valence-corrected chi connectivity index (χ0v) is 18.4. The SMILES string of the molecule is CN=C(NCCOc1ccc(Cl)cc1)N1CCN(Cc2ccon2)CC1.I. The second kappa shape index (κ2) is 11.4. The van der Waals surface area contributed by atoms with Gasteiger partial charge in [-0.15, -0.1) is 24.0 Å². The number of rotatable bonds is 6. The fourth-order valence-corrected chi connectivity index (χ4v) is 2.99. The Balaban J connectivity index is 0.00000261. The van der Waals surface area contributed by atoms with Crippen molar-refractivity contribution in [1.29, 1.82) is 0 Å². The number of ether oxygens (including phenoxy) is 1. The van der Waals surface area contributed by atoms with Crippen LogP contribution in [0.3, 0.4) is 0 Å².